The number of halogens is 3. The molecule has 0 saturated heterocycles. The molecule has 0 aliphatic heterocycles. The predicted molar refractivity (Wildman–Crippen MR) is 102 cm³/mol. The highest BCUT2D eigenvalue weighted by atomic mass is 79.9. The second kappa shape index (κ2) is 9.45. The molecule has 2 unspecified atom stereocenters. The summed E-state index contributed by atoms with van der Waals surface area (Å²) in [6.07, 6.45) is 2.36. The first kappa shape index (κ1) is 20.4. The molecule has 0 radical (unpaired) electrons. The minimum absolute atomic E-state index is 0. The maximum Gasteiger partial charge on any atom is 0.147 e. The number of hydrogen-bond donors (Lipinski definition) is 1. The summed E-state index contributed by atoms with van der Waals surface area (Å²) in [5.41, 5.74) is -2.50. The Bertz CT molecular complexity index is 459. The summed E-state index contributed by atoms with van der Waals surface area (Å²) < 4.78 is 1.87. The molecule has 7 heteroatoms. The zero-order valence-corrected chi connectivity index (χ0v) is 17.3. The highest BCUT2D eigenvalue weighted by molar-refractivity contribution is 9.11. The number of benzene rings is 1. The highest BCUT2D eigenvalue weighted by Crippen LogP contribution is 2.56. The van der Waals surface area contributed by atoms with Gasteiger partial charge in [-0.05, 0) is 40.0 Å². The van der Waals surface area contributed by atoms with Crippen molar-refractivity contribution in [3.8, 4) is 0 Å². The average molecular weight is 469 g/mol. The van der Waals surface area contributed by atoms with Crippen molar-refractivity contribution in [3.63, 3.8) is 0 Å². The van der Waals surface area contributed by atoms with Crippen LogP contribution in [0.5, 0.6) is 0 Å². The zero-order valence-electron chi connectivity index (χ0n) is 10.8. The second-order valence-corrected chi connectivity index (χ2v) is 12.8. The van der Waals surface area contributed by atoms with Gasteiger partial charge >= 0.3 is 0 Å². The van der Waals surface area contributed by atoms with Gasteiger partial charge in [0.25, 0.3) is 0 Å². The fourth-order valence-corrected chi connectivity index (χ4v) is 8.76. The van der Waals surface area contributed by atoms with Crippen molar-refractivity contribution in [2.45, 2.75) is 26.7 Å². The van der Waals surface area contributed by atoms with E-state index in [4.69, 9.17) is 11.8 Å². The van der Waals surface area contributed by atoms with Gasteiger partial charge in [0.15, 0.2) is 0 Å². The average Bonchev–Trinajstić information content (AvgIpc) is 2.26. The van der Waals surface area contributed by atoms with Gasteiger partial charge in [0.2, 0.25) is 0 Å². The molecule has 19 heavy (non-hydrogen) atoms. The molecule has 1 N–H and O–H groups in total. The first-order valence-corrected chi connectivity index (χ1v) is 11.7. The minimum atomic E-state index is -2.50. The molecular formula is C12H18Br2ClOPS2. The lowest BCUT2D eigenvalue weighted by Gasteiger charge is -2.19. The van der Waals surface area contributed by atoms with Crippen LogP contribution in [0, 0.1) is 5.92 Å². The van der Waals surface area contributed by atoms with Gasteiger partial charge in [0.1, 0.15) is 5.47 Å². The highest BCUT2D eigenvalue weighted by Gasteiger charge is 2.21. The van der Waals surface area contributed by atoms with Gasteiger partial charge in [0, 0.05) is 20.0 Å². The van der Waals surface area contributed by atoms with Crippen LogP contribution >= 0.6 is 61.1 Å². The van der Waals surface area contributed by atoms with E-state index >= 15 is 0 Å². The first-order chi connectivity index (χ1) is 8.36. The number of rotatable bonds is 6. The van der Waals surface area contributed by atoms with E-state index < -0.39 is 5.47 Å². The molecule has 1 rings (SSSR count). The molecule has 0 spiro atoms. The lowest BCUT2D eigenvalue weighted by Crippen LogP contribution is -2.06. The summed E-state index contributed by atoms with van der Waals surface area (Å²) in [6, 6.07) is 5.77. The lowest BCUT2D eigenvalue weighted by atomic mass is 10.1. The van der Waals surface area contributed by atoms with Crippen molar-refractivity contribution in [1.82, 2.24) is 0 Å². The smallest absolute Gasteiger partial charge is 0.147 e. The summed E-state index contributed by atoms with van der Waals surface area (Å²) in [5, 5.41) is 0.856. The van der Waals surface area contributed by atoms with Gasteiger partial charge in [-0.3, -0.25) is 0 Å². The Labute approximate surface area is 147 Å². The van der Waals surface area contributed by atoms with Crippen LogP contribution in [0.4, 0.5) is 0 Å². The maximum absolute atomic E-state index is 10.5. The topological polar surface area (TPSA) is 20.2 Å². The van der Waals surface area contributed by atoms with E-state index in [1.54, 1.807) is 0 Å². The van der Waals surface area contributed by atoms with Gasteiger partial charge in [0.05, 0.1) is 0 Å². The normalized spacial score (nSPS) is 15.4. The Morgan fingerprint density at radius 1 is 1.42 bits per heavy atom. The fraction of sp³-hybridized carbons (Fsp3) is 0.500. The van der Waals surface area contributed by atoms with E-state index in [1.807, 2.05) is 18.2 Å². The van der Waals surface area contributed by atoms with Crippen molar-refractivity contribution in [2.24, 2.45) is 5.92 Å². The predicted octanol–water partition coefficient (Wildman–Crippen LogP) is 5.73. The van der Waals surface area contributed by atoms with Gasteiger partial charge in [-0.2, -0.15) is 0 Å². The van der Waals surface area contributed by atoms with E-state index in [0.29, 0.717) is 5.92 Å². The molecule has 0 aromatic heterocycles. The molecule has 1 aromatic rings. The van der Waals surface area contributed by atoms with Crippen molar-refractivity contribution in [2.75, 3.05) is 5.75 Å². The monoisotopic (exact) mass is 466 g/mol. The first-order valence-electron chi connectivity index (χ1n) is 5.79. The van der Waals surface area contributed by atoms with Crippen molar-refractivity contribution in [1.29, 1.82) is 0 Å². The molecule has 0 heterocycles. The summed E-state index contributed by atoms with van der Waals surface area (Å²) >= 11 is 13.8. The van der Waals surface area contributed by atoms with Gasteiger partial charge in [-0.1, -0.05) is 65.8 Å². The Morgan fingerprint density at radius 2 is 2.05 bits per heavy atom. The Balaban J connectivity index is 0.00000324. The van der Waals surface area contributed by atoms with Crippen LogP contribution in [0.15, 0.2) is 27.1 Å². The van der Waals surface area contributed by atoms with Crippen LogP contribution in [0.2, 0.25) is 0 Å². The standard InChI is InChI=1S/C12H17Br2OPS2.ClH/c1-3-4-9(2)8-18-16(15,17)12-6-5-10(13)7-11(12)14;/h5-7,9H,3-4,8H2,1-2H3,(H,15,17);1H. The Hall–Kier alpha value is 1.43. The molecule has 1 nitrogen and oxygen atoms in total. The minimum Gasteiger partial charge on any atom is -0.354 e. The summed E-state index contributed by atoms with van der Waals surface area (Å²) in [5.74, 6) is 1.52. The van der Waals surface area contributed by atoms with E-state index in [2.05, 4.69) is 45.7 Å². The SMILES string of the molecule is CCCC(C)CSP(O)(=S)c1ccc(Br)cc1Br.Cl. The third kappa shape index (κ3) is 6.82. The van der Waals surface area contributed by atoms with Crippen LogP contribution < -0.4 is 5.30 Å². The van der Waals surface area contributed by atoms with E-state index in [-0.39, 0.29) is 12.4 Å². The van der Waals surface area contributed by atoms with E-state index in [9.17, 15) is 4.89 Å². The second-order valence-electron chi connectivity index (χ2n) is 4.31. The van der Waals surface area contributed by atoms with E-state index in [1.165, 1.54) is 24.2 Å². The Kier molecular flexibility index (Phi) is 10.2. The third-order valence-corrected chi connectivity index (χ3v) is 9.68. The largest absolute Gasteiger partial charge is 0.354 e. The van der Waals surface area contributed by atoms with Crippen LogP contribution in [-0.4, -0.2) is 10.6 Å². The quantitative estimate of drug-likeness (QED) is 0.539. The van der Waals surface area contributed by atoms with E-state index in [0.717, 1.165) is 20.0 Å². The summed E-state index contributed by atoms with van der Waals surface area (Å²) in [7, 11) is 0. The van der Waals surface area contributed by atoms with Gasteiger partial charge in [-0.25, -0.2) is 0 Å². The fourth-order valence-electron chi connectivity index (χ4n) is 1.58. The number of hydrogen-bond acceptors (Lipinski definition) is 2. The summed E-state index contributed by atoms with van der Waals surface area (Å²) in [4.78, 5) is 10.5. The molecular weight excluding hydrogens is 450 g/mol. The van der Waals surface area contributed by atoms with Crippen LogP contribution in [-0.2, 0) is 11.8 Å². The van der Waals surface area contributed by atoms with Crippen LogP contribution in [0.1, 0.15) is 26.7 Å². The van der Waals surface area contributed by atoms with Crippen molar-refractivity contribution in [3.05, 3.63) is 27.1 Å². The van der Waals surface area contributed by atoms with Crippen LogP contribution in [0.3, 0.4) is 0 Å². The molecule has 0 aliphatic carbocycles. The Morgan fingerprint density at radius 3 is 2.58 bits per heavy atom. The van der Waals surface area contributed by atoms with Crippen LogP contribution in [0.25, 0.3) is 0 Å². The van der Waals surface area contributed by atoms with Gasteiger partial charge < -0.3 is 4.89 Å². The summed E-state index contributed by atoms with van der Waals surface area (Å²) in [6.45, 7) is 4.39. The van der Waals surface area contributed by atoms with Crippen molar-refractivity contribution < 1.29 is 4.89 Å². The maximum atomic E-state index is 10.5. The molecule has 0 saturated carbocycles. The lowest BCUT2D eigenvalue weighted by molar-refractivity contribution is 0.585. The molecule has 110 valence electrons. The molecule has 0 aliphatic rings. The third-order valence-electron chi connectivity index (χ3n) is 2.53. The van der Waals surface area contributed by atoms with Crippen molar-refractivity contribution >= 4 is 78.2 Å². The zero-order chi connectivity index (χ0) is 13.8. The molecule has 0 amide bonds. The molecule has 0 fully saturated rings. The molecule has 0 bridgehead atoms. The molecule has 1 aromatic carbocycles. The van der Waals surface area contributed by atoms with Gasteiger partial charge in [-0.15, -0.1) is 12.4 Å². The molecule has 2 atom stereocenters.